The molecular weight excluding hydrogens is 242 g/mol. The lowest BCUT2D eigenvalue weighted by atomic mass is 10.1. The van der Waals surface area contributed by atoms with Crippen molar-refractivity contribution in [1.29, 1.82) is 0 Å². The first-order valence-corrected chi connectivity index (χ1v) is 7.20. The largest absolute Gasteiger partial charge is 0.279 e. The fraction of sp³-hybridized carbons (Fsp3) is 0.0909. The van der Waals surface area contributed by atoms with E-state index in [0.717, 1.165) is 10.4 Å². The fourth-order valence-electron chi connectivity index (χ4n) is 1.84. The molecule has 0 saturated carbocycles. The predicted octanol–water partition coefficient (Wildman–Crippen LogP) is 2.45. The van der Waals surface area contributed by atoms with Crippen LogP contribution in [0.4, 0.5) is 5.69 Å². The molecule has 1 aliphatic heterocycles. The van der Waals surface area contributed by atoms with Crippen LogP contribution in [-0.2, 0) is 16.4 Å². The minimum absolute atomic E-state index is 0.411. The second-order valence-electron chi connectivity index (χ2n) is 3.65. The molecule has 1 aromatic heterocycles. The van der Waals surface area contributed by atoms with Crippen LogP contribution in [0, 0.1) is 0 Å². The highest BCUT2D eigenvalue weighted by atomic mass is 32.2. The molecule has 3 rings (SSSR count). The molecule has 16 heavy (non-hydrogen) atoms. The smallest absolute Gasteiger partial charge is 0.263 e. The van der Waals surface area contributed by atoms with E-state index in [-0.39, 0.29) is 0 Å². The molecule has 0 spiro atoms. The van der Waals surface area contributed by atoms with E-state index in [1.54, 1.807) is 12.1 Å². The van der Waals surface area contributed by atoms with Crippen molar-refractivity contribution in [3.05, 3.63) is 46.2 Å². The van der Waals surface area contributed by atoms with Crippen molar-refractivity contribution in [1.82, 2.24) is 0 Å². The number of benzene rings is 1. The van der Waals surface area contributed by atoms with Gasteiger partial charge in [-0.25, -0.2) is 8.42 Å². The van der Waals surface area contributed by atoms with E-state index < -0.39 is 10.0 Å². The Morgan fingerprint density at radius 1 is 1.19 bits per heavy atom. The highest BCUT2D eigenvalue weighted by Crippen LogP contribution is 2.32. The van der Waals surface area contributed by atoms with Gasteiger partial charge in [-0.05, 0) is 23.1 Å². The lowest BCUT2D eigenvalue weighted by Crippen LogP contribution is -2.11. The van der Waals surface area contributed by atoms with Gasteiger partial charge in [0.25, 0.3) is 10.0 Å². The molecule has 3 nitrogen and oxygen atoms in total. The first-order chi connectivity index (χ1) is 7.67. The van der Waals surface area contributed by atoms with Crippen LogP contribution in [0.2, 0.25) is 0 Å². The molecule has 0 aliphatic carbocycles. The first-order valence-electron chi connectivity index (χ1n) is 4.84. The summed E-state index contributed by atoms with van der Waals surface area (Å²) in [5, 5.41) is 1.82. The molecule has 5 heteroatoms. The minimum Gasteiger partial charge on any atom is -0.279 e. The Hall–Kier alpha value is -1.33. The number of sulfonamides is 1. The Kier molecular flexibility index (Phi) is 2.05. The molecule has 0 radical (unpaired) electrons. The van der Waals surface area contributed by atoms with Crippen LogP contribution in [0.25, 0.3) is 0 Å². The third kappa shape index (κ3) is 1.44. The van der Waals surface area contributed by atoms with Crippen LogP contribution in [-0.4, -0.2) is 8.42 Å². The summed E-state index contributed by atoms with van der Waals surface area (Å²) in [7, 11) is -3.39. The topological polar surface area (TPSA) is 46.2 Å². The standard InChI is InChI=1S/C11H9NO2S2/c13-16(14)11-5-6-15-10(11)7-8-3-1-2-4-9(8)12-16/h1-6,12H,7H2. The fourth-order valence-corrected chi connectivity index (χ4v) is 4.41. The van der Waals surface area contributed by atoms with Gasteiger partial charge in [-0.1, -0.05) is 18.2 Å². The van der Waals surface area contributed by atoms with E-state index >= 15 is 0 Å². The van der Waals surface area contributed by atoms with Gasteiger partial charge in [0.2, 0.25) is 0 Å². The summed E-state index contributed by atoms with van der Waals surface area (Å²) in [4.78, 5) is 1.31. The number of anilines is 1. The molecule has 0 saturated heterocycles. The number of rotatable bonds is 0. The first kappa shape index (κ1) is 9.86. The highest BCUT2D eigenvalue weighted by molar-refractivity contribution is 7.93. The van der Waals surface area contributed by atoms with Gasteiger partial charge in [0.1, 0.15) is 4.90 Å². The van der Waals surface area contributed by atoms with Gasteiger partial charge in [0.05, 0.1) is 5.69 Å². The third-order valence-electron chi connectivity index (χ3n) is 2.61. The number of fused-ring (bicyclic) bond motifs is 2. The Morgan fingerprint density at radius 3 is 2.88 bits per heavy atom. The van der Waals surface area contributed by atoms with Gasteiger partial charge < -0.3 is 0 Å². The van der Waals surface area contributed by atoms with E-state index in [2.05, 4.69) is 4.72 Å². The predicted molar refractivity (Wildman–Crippen MR) is 64.4 cm³/mol. The molecule has 1 aliphatic rings. The monoisotopic (exact) mass is 251 g/mol. The Balaban J connectivity index is 2.28. The van der Waals surface area contributed by atoms with Crippen LogP contribution in [0.15, 0.2) is 40.6 Å². The molecule has 1 N–H and O–H groups in total. The molecule has 0 atom stereocenters. The van der Waals surface area contributed by atoms with Crippen molar-refractivity contribution in [2.75, 3.05) is 4.72 Å². The van der Waals surface area contributed by atoms with Crippen LogP contribution >= 0.6 is 11.3 Å². The summed E-state index contributed by atoms with van der Waals surface area (Å²) in [6, 6.07) is 9.16. The van der Waals surface area contributed by atoms with Gasteiger partial charge in [0.15, 0.2) is 0 Å². The molecular formula is C11H9NO2S2. The number of hydrogen-bond acceptors (Lipinski definition) is 3. The number of para-hydroxylation sites is 1. The summed E-state index contributed by atoms with van der Waals surface area (Å²) >= 11 is 1.49. The number of hydrogen-bond donors (Lipinski definition) is 1. The maximum atomic E-state index is 12.0. The summed E-state index contributed by atoms with van der Waals surface area (Å²) in [5.74, 6) is 0. The number of nitrogens with one attached hydrogen (secondary N) is 1. The molecule has 0 unspecified atom stereocenters. The zero-order valence-electron chi connectivity index (χ0n) is 8.30. The van der Waals surface area contributed by atoms with Gasteiger partial charge in [-0.3, -0.25) is 4.72 Å². The average molecular weight is 251 g/mol. The molecule has 0 bridgehead atoms. The minimum atomic E-state index is -3.39. The van der Waals surface area contributed by atoms with E-state index in [9.17, 15) is 8.42 Å². The Bertz CT molecular complexity index is 644. The molecule has 2 aromatic rings. The van der Waals surface area contributed by atoms with Crippen LogP contribution in [0.3, 0.4) is 0 Å². The van der Waals surface area contributed by atoms with Gasteiger partial charge in [-0.2, -0.15) is 0 Å². The van der Waals surface area contributed by atoms with Crippen molar-refractivity contribution in [2.24, 2.45) is 0 Å². The Labute approximate surface area is 97.8 Å². The van der Waals surface area contributed by atoms with Crippen LogP contribution in [0.1, 0.15) is 10.4 Å². The molecule has 0 fully saturated rings. The van der Waals surface area contributed by atoms with Gasteiger partial charge >= 0.3 is 0 Å². The number of thiophene rings is 1. The van der Waals surface area contributed by atoms with E-state index in [1.807, 2.05) is 23.6 Å². The molecule has 82 valence electrons. The van der Waals surface area contributed by atoms with Crippen molar-refractivity contribution >= 4 is 27.0 Å². The molecule has 2 heterocycles. The zero-order valence-corrected chi connectivity index (χ0v) is 9.94. The maximum Gasteiger partial charge on any atom is 0.263 e. The highest BCUT2D eigenvalue weighted by Gasteiger charge is 2.24. The normalized spacial score (nSPS) is 16.8. The Morgan fingerprint density at radius 2 is 2.00 bits per heavy atom. The quantitative estimate of drug-likeness (QED) is 0.781. The maximum absolute atomic E-state index is 12.0. The second-order valence-corrected chi connectivity index (χ2v) is 6.30. The van der Waals surface area contributed by atoms with Crippen molar-refractivity contribution < 1.29 is 8.42 Å². The van der Waals surface area contributed by atoms with Gasteiger partial charge in [-0.15, -0.1) is 11.3 Å². The van der Waals surface area contributed by atoms with Crippen LogP contribution in [0.5, 0.6) is 0 Å². The van der Waals surface area contributed by atoms with E-state index in [0.29, 0.717) is 17.0 Å². The molecule has 0 amide bonds. The third-order valence-corrected chi connectivity index (χ3v) is 5.11. The average Bonchev–Trinajstić information content (AvgIpc) is 2.66. The zero-order chi connectivity index (χ0) is 11.2. The summed E-state index contributed by atoms with van der Waals surface area (Å²) in [6.45, 7) is 0. The summed E-state index contributed by atoms with van der Waals surface area (Å²) < 4.78 is 26.6. The second kappa shape index (κ2) is 3.33. The van der Waals surface area contributed by atoms with Crippen molar-refractivity contribution in [3.8, 4) is 0 Å². The summed E-state index contributed by atoms with van der Waals surface area (Å²) in [6.07, 6.45) is 0.676. The van der Waals surface area contributed by atoms with E-state index in [1.165, 1.54) is 11.3 Å². The van der Waals surface area contributed by atoms with E-state index in [4.69, 9.17) is 0 Å². The van der Waals surface area contributed by atoms with Crippen molar-refractivity contribution in [2.45, 2.75) is 11.3 Å². The lowest BCUT2D eigenvalue weighted by Gasteiger charge is -2.06. The van der Waals surface area contributed by atoms with Crippen LogP contribution < -0.4 is 4.72 Å². The SMILES string of the molecule is O=S1(=O)Nc2ccccc2Cc2sccc21. The van der Waals surface area contributed by atoms with Gasteiger partial charge in [0, 0.05) is 11.3 Å². The molecule has 1 aromatic carbocycles. The summed E-state index contributed by atoms with van der Waals surface area (Å²) in [5.41, 5.74) is 1.71. The van der Waals surface area contributed by atoms with Crippen molar-refractivity contribution in [3.63, 3.8) is 0 Å². The lowest BCUT2D eigenvalue weighted by molar-refractivity contribution is 0.601.